The molecule has 4 aromatic carbocycles. The van der Waals surface area contributed by atoms with Gasteiger partial charge in [-0.15, -0.1) is 0 Å². The molecule has 0 aliphatic carbocycles. The highest BCUT2D eigenvalue weighted by Gasteiger charge is 2.16. The molecule has 0 aliphatic rings. The summed E-state index contributed by atoms with van der Waals surface area (Å²) in [6.07, 6.45) is 2.04. The molecule has 4 rings (SSSR count). The third-order valence-corrected chi connectivity index (χ3v) is 5.27. The summed E-state index contributed by atoms with van der Waals surface area (Å²) >= 11 is 0. The lowest BCUT2D eigenvalue weighted by molar-refractivity contribution is 0.316. The summed E-state index contributed by atoms with van der Waals surface area (Å²) in [5.41, 5.74) is 2.45. The van der Waals surface area contributed by atoms with Gasteiger partial charge in [0, 0.05) is 0 Å². The minimum Gasteiger partial charge on any atom is -0.493 e. The van der Waals surface area contributed by atoms with E-state index in [-0.39, 0.29) is 0 Å². The highest BCUT2D eigenvalue weighted by molar-refractivity contribution is 6.25. The van der Waals surface area contributed by atoms with E-state index in [4.69, 9.17) is 9.47 Å². The number of rotatable bonds is 6. The topological polar surface area (TPSA) is 18.5 Å². The Kier molecular flexibility index (Phi) is 4.36. The van der Waals surface area contributed by atoms with Gasteiger partial charge in [-0.3, -0.25) is 0 Å². The Morgan fingerprint density at radius 1 is 0.654 bits per heavy atom. The van der Waals surface area contributed by atoms with Crippen LogP contribution in [0.1, 0.15) is 37.8 Å². The molecule has 0 atom stereocenters. The average molecular weight is 346 g/mol. The second-order valence-electron chi connectivity index (χ2n) is 7.12. The molecule has 0 fully saturated rings. The molecule has 4 aromatic rings. The maximum Gasteiger partial charge on any atom is 0.123 e. The van der Waals surface area contributed by atoms with E-state index in [1.807, 2.05) is 0 Å². The highest BCUT2D eigenvalue weighted by atomic mass is 16.5. The maximum absolute atomic E-state index is 6.00. The lowest BCUT2D eigenvalue weighted by Gasteiger charge is -2.18. The van der Waals surface area contributed by atoms with Crippen LogP contribution in [0, 0.1) is 13.8 Å². The normalized spacial score (nSPS) is 11.7. The van der Waals surface area contributed by atoms with Gasteiger partial charge in [-0.05, 0) is 82.3 Å². The van der Waals surface area contributed by atoms with Crippen LogP contribution in [0.25, 0.3) is 32.3 Å². The molecule has 26 heavy (non-hydrogen) atoms. The molecule has 2 heteroatoms. The molecule has 134 valence electrons. The minimum atomic E-state index is 0.756. The van der Waals surface area contributed by atoms with Crippen LogP contribution in [-0.2, 0) is 0 Å². The molecule has 0 N–H and O–H groups in total. The third kappa shape index (κ3) is 2.56. The Labute approximate surface area is 155 Å². The molecule has 0 unspecified atom stereocenters. The average Bonchev–Trinajstić information content (AvgIpc) is 2.66. The summed E-state index contributed by atoms with van der Waals surface area (Å²) in [7, 11) is 0. The minimum absolute atomic E-state index is 0.756. The SMILES string of the molecule is CCCOc1cc2ccc3cc(OCCC)c(C)c4ccc(c1C)c2c34. The van der Waals surface area contributed by atoms with Crippen molar-refractivity contribution in [3.63, 3.8) is 0 Å². The summed E-state index contributed by atoms with van der Waals surface area (Å²) < 4.78 is 12.0. The standard InChI is InChI=1S/C24H26O2/c1-5-11-25-21-13-17-7-8-18-14-22(26-12-6-2)16(4)20-10-9-19(15(21)3)23(17)24(18)20/h7-10,13-14H,5-6,11-12H2,1-4H3. The second kappa shape index (κ2) is 6.68. The van der Waals surface area contributed by atoms with E-state index in [9.17, 15) is 0 Å². The molecule has 0 saturated carbocycles. The number of hydrogen-bond acceptors (Lipinski definition) is 2. The van der Waals surface area contributed by atoms with E-state index in [1.54, 1.807) is 0 Å². The van der Waals surface area contributed by atoms with Gasteiger partial charge < -0.3 is 9.47 Å². The first-order chi connectivity index (χ1) is 12.7. The molecule has 0 heterocycles. The molecular weight excluding hydrogens is 320 g/mol. The van der Waals surface area contributed by atoms with Gasteiger partial charge in [-0.25, -0.2) is 0 Å². The molecule has 2 nitrogen and oxygen atoms in total. The summed E-state index contributed by atoms with van der Waals surface area (Å²) in [4.78, 5) is 0. The van der Waals surface area contributed by atoms with Crippen molar-refractivity contribution in [1.82, 2.24) is 0 Å². The van der Waals surface area contributed by atoms with Gasteiger partial charge in [0.05, 0.1) is 13.2 Å². The van der Waals surface area contributed by atoms with Crippen LogP contribution < -0.4 is 9.47 Å². The molecule has 0 amide bonds. The molecule has 0 aliphatic heterocycles. The van der Waals surface area contributed by atoms with Crippen molar-refractivity contribution in [3.05, 3.63) is 47.5 Å². The summed E-state index contributed by atoms with van der Waals surface area (Å²) in [5, 5.41) is 7.74. The van der Waals surface area contributed by atoms with Gasteiger partial charge >= 0.3 is 0 Å². The Hall–Kier alpha value is -2.48. The summed E-state index contributed by atoms with van der Waals surface area (Å²) in [5.74, 6) is 2.00. The van der Waals surface area contributed by atoms with Gasteiger partial charge in [-0.2, -0.15) is 0 Å². The van der Waals surface area contributed by atoms with Crippen LogP contribution in [0.4, 0.5) is 0 Å². The van der Waals surface area contributed by atoms with E-state index in [1.165, 1.54) is 43.4 Å². The van der Waals surface area contributed by atoms with Crippen molar-refractivity contribution in [2.45, 2.75) is 40.5 Å². The molecular formula is C24H26O2. The van der Waals surface area contributed by atoms with Crippen molar-refractivity contribution in [2.24, 2.45) is 0 Å². The first-order valence-electron chi connectivity index (χ1n) is 9.63. The van der Waals surface area contributed by atoms with E-state index < -0.39 is 0 Å². The number of hydrogen-bond donors (Lipinski definition) is 0. The largest absolute Gasteiger partial charge is 0.493 e. The van der Waals surface area contributed by atoms with Crippen molar-refractivity contribution in [3.8, 4) is 11.5 Å². The molecule has 0 spiro atoms. The summed E-state index contributed by atoms with van der Waals surface area (Å²) in [6.45, 7) is 10.1. The number of ether oxygens (including phenoxy) is 2. The Morgan fingerprint density at radius 3 is 1.46 bits per heavy atom. The zero-order valence-electron chi connectivity index (χ0n) is 16.1. The predicted molar refractivity (Wildman–Crippen MR) is 111 cm³/mol. The van der Waals surface area contributed by atoms with Crippen molar-refractivity contribution in [1.29, 1.82) is 0 Å². The highest BCUT2D eigenvalue weighted by Crippen LogP contribution is 2.42. The van der Waals surface area contributed by atoms with Gasteiger partial charge in [0.25, 0.3) is 0 Å². The van der Waals surface area contributed by atoms with Crippen LogP contribution >= 0.6 is 0 Å². The zero-order chi connectivity index (χ0) is 18.3. The van der Waals surface area contributed by atoms with E-state index in [0.29, 0.717) is 0 Å². The van der Waals surface area contributed by atoms with Gasteiger partial charge in [0.15, 0.2) is 0 Å². The fourth-order valence-corrected chi connectivity index (χ4v) is 3.90. The van der Waals surface area contributed by atoms with Crippen LogP contribution in [0.15, 0.2) is 36.4 Å². The van der Waals surface area contributed by atoms with Gasteiger partial charge in [0.1, 0.15) is 11.5 Å². The Morgan fingerprint density at radius 2 is 1.08 bits per heavy atom. The lowest BCUT2D eigenvalue weighted by atomic mass is 9.90. The first-order valence-corrected chi connectivity index (χ1v) is 9.63. The Bertz CT molecular complexity index is 991. The fraction of sp³-hybridized carbons (Fsp3) is 0.333. The third-order valence-electron chi connectivity index (χ3n) is 5.27. The van der Waals surface area contributed by atoms with Crippen LogP contribution in [0.5, 0.6) is 11.5 Å². The van der Waals surface area contributed by atoms with E-state index in [2.05, 4.69) is 64.1 Å². The number of benzene rings is 4. The monoisotopic (exact) mass is 346 g/mol. The second-order valence-corrected chi connectivity index (χ2v) is 7.12. The molecule has 0 bridgehead atoms. The molecule has 0 aromatic heterocycles. The van der Waals surface area contributed by atoms with Crippen LogP contribution in [0.3, 0.4) is 0 Å². The number of aryl methyl sites for hydroxylation is 2. The van der Waals surface area contributed by atoms with Gasteiger partial charge in [0.2, 0.25) is 0 Å². The quantitative estimate of drug-likeness (QED) is 0.358. The fourth-order valence-electron chi connectivity index (χ4n) is 3.90. The maximum atomic E-state index is 6.00. The van der Waals surface area contributed by atoms with E-state index in [0.717, 1.165) is 37.6 Å². The molecule has 0 saturated heterocycles. The van der Waals surface area contributed by atoms with Crippen LogP contribution in [0.2, 0.25) is 0 Å². The van der Waals surface area contributed by atoms with Crippen molar-refractivity contribution in [2.75, 3.05) is 13.2 Å². The zero-order valence-corrected chi connectivity index (χ0v) is 16.1. The smallest absolute Gasteiger partial charge is 0.123 e. The van der Waals surface area contributed by atoms with Crippen molar-refractivity contribution < 1.29 is 9.47 Å². The predicted octanol–water partition coefficient (Wildman–Crippen LogP) is 6.78. The molecule has 0 radical (unpaired) electrons. The summed E-state index contributed by atoms with van der Waals surface area (Å²) in [6, 6.07) is 13.3. The van der Waals surface area contributed by atoms with Gasteiger partial charge in [-0.1, -0.05) is 38.1 Å². The first kappa shape index (κ1) is 17.0. The van der Waals surface area contributed by atoms with E-state index >= 15 is 0 Å². The lowest BCUT2D eigenvalue weighted by Crippen LogP contribution is -2.00. The van der Waals surface area contributed by atoms with Crippen molar-refractivity contribution >= 4 is 32.3 Å². The Balaban J connectivity index is 2.02. The van der Waals surface area contributed by atoms with Crippen LogP contribution in [-0.4, -0.2) is 13.2 Å².